The van der Waals surface area contributed by atoms with Crippen molar-refractivity contribution in [2.24, 2.45) is 5.92 Å². The molecule has 2 atom stereocenters. The van der Waals surface area contributed by atoms with Crippen LogP contribution >= 0.6 is 0 Å². The van der Waals surface area contributed by atoms with Crippen LogP contribution in [0.3, 0.4) is 0 Å². The summed E-state index contributed by atoms with van der Waals surface area (Å²) in [7, 11) is 0. The largest absolute Gasteiger partial charge is 0.477 e. The van der Waals surface area contributed by atoms with E-state index < -0.39 is 5.97 Å². The summed E-state index contributed by atoms with van der Waals surface area (Å²) in [4.78, 5) is 16.8. The number of hydrogen-bond donors (Lipinski definition) is 2. The van der Waals surface area contributed by atoms with E-state index in [1.54, 1.807) is 12.1 Å². The minimum absolute atomic E-state index is 0.0376. The molecular formula is C12H16N2O3. The lowest BCUT2D eigenvalue weighted by Crippen LogP contribution is -2.43. The Morgan fingerprint density at radius 2 is 2.29 bits per heavy atom. The van der Waals surface area contributed by atoms with Crippen LogP contribution < -0.4 is 4.90 Å². The highest BCUT2D eigenvalue weighted by Gasteiger charge is 2.25. The van der Waals surface area contributed by atoms with Crippen molar-refractivity contribution in [3.63, 3.8) is 0 Å². The predicted octanol–water partition coefficient (Wildman–Crippen LogP) is 0.987. The number of aromatic carboxylic acids is 1. The number of aliphatic hydroxyl groups excluding tert-OH is 1. The number of nitrogens with zero attached hydrogens (tertiary/aromatic N) is 2. The van der Waals surface area contributed by atoms with E-state index in [2.05, 4.69) is 4.98 Å². The van der Waals surface area contributed by atoms with Crippen LogP contribution in [0.15, 0.2) is 18.2 Å². The number of carboxylic acid groups (broad SMARTS) is 1. The molecule has 92 valence electrons. The molecule has 17 heavy (non-hydrogen) atoms. The van der Waals surface area contributed by atoms with E-state index in [-0.39, 0.29) is 17.7 Å². The Labute approximate surface area is 99.7 Å². The first-order valence-electron chi connectivity index (χ1n) is 5.71. The molecule has 1 saturated heterocycles. The number of carboxylic acids is 1. The van der Waals surface area contributed by atoms with Crippen LogP contribution in [0.2, 0.25) is 0 Å². The smallest absolute Gasteiger partial charge is 0.354 e. The normalized spacial score (nSPS) is 24.7. The third kappa shape index (κ3) is 2.55. The van der Waals surface area contributed by atoms with E-state index in [1.807, 2.05) is 11.8 Å². The van der Waals surface area contributed by atoms with E-state index in [0.29, 0.717) is 12.4 Å². The third-order valence-corrected chi connectivity index (χ3v) is 3.20. The van der Waals surface area contributed by atoms with Gasteiger partial charge in [-0.2, -0.15) is 0 Å². The van der Waals surface area contributed by atoms with Crippen LogP contribution in [0.25, 0.3) is 0 Å². The molecular weight excluding hydrogens is 220 g/mol. The average molecular weight is 236 g/mol. The number of rotatable bonds is 2. The second kappa shape index (κ2) is 4.71. The molecule has 0 aliphatic carbocycles. The van der Waals surface area contributed by atoms with Crippen molar-refractivity contribution in [3.05, 3.63) is 23.9 Å². The van der Waals surface area contributed by atoms with Gasteiger partial charge in [-0.05, 0) is 24.5 Å². The number of carbonyl (C=O) groups is 1. The summed E-state index contributed by atoms with van der Waals surface area (Å²) in [5.41, 5.74) is 0.0376. The van der Waals surface area contributed by atoms with Gasteiger partial charge in [0, 0.05) is 13.1 Å². The van der Waals surface area contributed by atoms with Gasteiger partial charge >= 0.3 is 5.97 Å². The van der Waals surface area contributed by atoms with Crippen molar-refractivity contribution >= 4 is 11.8 Å². The Balaban J connectivity index is 2.17. The highest BCUT2D eigenvalue weighted by molar-refractivity contribution is 5.85. The second-order valence-corrected chi connectivity index (χ2v) is 4.47. The number of pyridine rings is 1. The van der Waals surface area contributed by atoms with Crippen molar-refractivity contribution in [3.8, 4) is 0 Å². The minimum Gasteiger partial charge on any atom is -0.477 e. The summed E-state index contributed by atoms with van der Waals surface area (Å²) >= 11 is 0. The van der Waals surface area contributed by atoms with E-state index in [1.165, 1.54) is 6.07 Å². The Morgan fingerprint density at radius 1 is 1.53 bits per heavy atom. The number of aromatic nitrogens is 1. The first-order chi connectivity index (χ1) is 8.08. The van der Waals surface area contributed by atoms with Crippen LogP contribution in [-0.4, -0.2) is 40.4 Å². The summed E-state index contributed by atoms with van der Waals surface area (Å²) in [6, 6.07) is 4.92. The van der Waals surface area contributed by atoms with E-state index in [0.717, 1.165) is 13.0 Å². The Bertz CT molecular complexity index is 422. The van der Waals surface area contributed by atoms with Crippen molar-refractivity contribution in [2.45, 2.75) is 19.4 Å². The maximum Gasteiger partial charge on any atom is 0.354 e. The minimum atomic E-state index is -1.03. The monoisotopic (exact) mass is 236 g/mol. The molecule has 2 N–H and O–H groups in total. The molecule has 0 amide bonds. The summed E-state index contributed by atoms with van der Waals surface area (Å²) in [6.07, 6.45) is 0.513. The second-order valence-electron chi connectivity index (χ2n) is 4.47. The van der Waals surface area contributed by atoms with Crippen LogP contribution in [0, 0.1) is 5.92 Å². The van der Waals surface area contributed by atoms with Gasteiger partial charge in [-0.15, -0.1) is 0 Å². The Kier molecular flexibility index (Phi) is 3.28. The number of aliphatic hydroxyl groups is 1. The molecule has 0 aromatic carbocycles. The average Bonchev–Trinajstić information content (AvgIpc) is 2.33. The Morgan fingerprint density at radius 3 is 2.94 bits per heavy atom. The lowest BCUT2D eigenvalue weighted by molar-refractivity contribution is 0.0690. The lowest BCUT2D eigenvalue weighted by Gasteiger charge is -2.35. The van der Waals surface area contributed by atoms with Crippen LogP contribution in [-0.2, 0) is 0 Å². The molecule has 1 fully saturated rings. The molecule has 2 rings (SSSR count). The van der Waals surface area contributed by atoms with E-state index >= 15 is 0 Å². The molecule has 0 spiro atoms. The number of hydrogen-bond acceptors (Lipinski definition) is 4. The summed E-state index contributed by atoms with van der Waals surface area (Å²) in [6.45, 7) is 3.33. The summed E-state index contributed by atoms with van der Waals surface area (Å²) in [5.74, 6) is -0.123. The van der Waals surface area contributed by atoms with E-state index in [4.69, 9.17) is 5.11 Å². The van der Waals surface area contributed by atoms with Gasteiger partial charge in [0.15, 0.2) is 5.69 Å². The first kappa shape index (κ1) is 11.9. The number of anilines is 1. The molecule has 0 radical (unpaired) electrons. The van der Waals surface area contributed by atoms with Crippen LogP contribution in [0.5, 0.6) is 0 Å². The third-order valence-electron chi connectivity index (χ3n) is 3.20. The van der Waals surface area contributed by atoms with Gasteiger partial charge in [0.05, 0.1) is 6.10 Å². The molecule has 2 heterocycles. The fourth-order valence-corrected chi connectivity index (χ4v) is 1.98. The quantitative estimate of drug-likeness (QED) is 0.801. The van der Waals surface area contributed by atoms with Crippen molar-refractivity contribution < 1.29 is 15.0 Å². The molecule has 1 aromatic heterocycles. The maximum atomic E-state index is 10.8. The van der Waals surface area contributed by atoms with Gasteiger partial charge in [-0.25, -0.2) is 9.78 Å². The number of piperidine rings is 1. The molecule has 0 bridgehead atoms. The summed E-state index contributed by atoms with van der Waals surface area (Å²) in [5, 5.41) is 18.7. The molecule has 0 saturated carbocycles. The van der Waals surface area contributed by atoms with Gasteiger partial charge in [0.25, 0.3) is 0 Å². The van der Waals surface area contributed by atoms with Gasteiger partial charge < -0.3 is 15.1 Å². The first-order valence-corrected chi connectivity index (χ1v) is 5.71. The molecule has 2 unspecified atom stereocenters. The maximum absolute atomic E-state index is 10.8. The highest BCUT2D eigenvalue weighted by atomic mass is 16.4. The lowest BCUT2D eigenvalue weighted by atomic mass is 9.96. The standard InChI is InChI=1S/C12H16N2O3/c1-8-5-6-14(7-10(8)15)11-4-2-3-9(13-11)12(16)17/h2-4,8,10,15H,5-7H2,1H3,(H,16,17). The van der Waals surface area contributed by atoms with Crippen LogP contribution in [0.1, 0.15) is 23.8 Å². The zero-order valence-corrected chi connectivity index (χ0v) is 9.71. The Hall–Kier alpha value is -1.62. The number of β-amino-alcohol motifs (C(OH)–C–C–N with tert-alkyl or cyclic N) is 1. The molecule has 1 aliphatic heterocycles. The molecule has 1 aliphatic rings. The van der Waals surface area contributed by atoms with E-state index in [9.17, 15) is 9.90 Å². The van der Waals surface area contributed by atoms with Crippen molar-refractivity contribution in [1.82, 2.24) is 4.98 Å². The SMILES string of the molecule is CC1CCN(c2cccc(C(=O)O)n2)CC1O. The highest BCUT2D eigenvalue weighted by Crippen LogP contribution is 2.21. The van der Waals surface area contributed by atoms with Gasteiger partial charge in [0.1, 0.15) is 5.82 Å². The zero-order valence-electron chi connectivity index (χ0n) is 9.71. The predicted molar refractivity (Wildman–Crippen MR) is 63.2 cm³/mol. The topological polar surface area (TPSA) is 73.7 Å². The fourth-order valence-electron chi connectivity index (χ4n) is 1.98. The zero-order chi connectivity index (χ0) is 12.4. The molecule has 5 heteroatoms. The molecule has 5 nitrogen and oxygen atoms in total. The molecule has 1 aromatic rings. The van der Waals surface area contributed by atoms with Gasteiger partial charge in [-0.3, -0.25) is 0 Å². The van der Waals surface area contributed by atoms with Crippen molar-refractivity contribution in [1.29, 1.82) is 0 Å². The van der Waals surface area contributed by atoms with Crippen LogP contribution in [0.4, 0.5) is 5.82 Å². The fraction of sp³-hybridized carbons (Fsp3) is 0.500. The van der Waals surface area contributed by atoms with Gasteiger partial charge in [0.2, 0.25) is 0 Å². The van der Waals surface area contributed by atoms with Gasteiger partial charge in [-0.1, -0.05) is 13.0 Å². The summed E-state index contributed by atoms with van der Waals surface area (Å²) < 4.78 is 0. The van der Waals surface area contributed by atoms with Crippen molar-refractivity contribution in [2.75, 3.05) is 18.0 Å².